The first-order valence-corrected chi connectivity index (χ1v) is 17.2. The summed E-state index contributed by atoms with van der Waals surface area (Å²) in [6, 6.07) is 18.2. The number of hydrogen-bond acceptors (Lipinski definition) is 11. The molecule has 4 rings (SSSR count). The minimum atomic E-state index is -0.707. The molecule has 0 bridgehead atoms. The van der Waals surface area contributed by atoms with Crippen molar-refractivity contribution in [3.8, 4) is 11.5 Å². The Balaban J connectivity index is 1.54. The lowest BCUT2D eigenvalue weighted by Crippen LogP contribution is -2.42. The Hall–Kier alpha value is -3.10. The van der Waals surface area contributed by atoms with Crippen molar-refractivity contribution >= 4 is 0 Å². The highest BCUT2D eigenvalue weighted by atomic mass is 16.5. The number of nitrogens with zero attached hydrogens (tertiary/aromatic N) is 3. The van der Waals surface area contributed by atoms with Crippen LogP contribution >= 0.6 is 0 Å². The second-order valence-corrected chi connectivity index (χ2v) is 13.1. The molecule has 49 heavy (non-hydrogen) atoms. The van der Waals surface area contributed by atoms with Gasteiger partial charge in [-0.2, -0.15) is 0 Å². The molecule has 1 fully saturated rings. The van der Waals surface area contributed by atoms with Crippen LogP contribution in [-0.4, -0.2) is 123 Å². The van der Waals surface area contributed by atoms with E-state index < -0.39 is 12.2 Å². The third-order valence-electron chi connectivity index (χ3n) is 9.04. The van der Waals surface area contributed by atoms with Crippen molar-refractivity contribution < 1.29 is 40.1 Å². The highest BCUT2D eigenvalue weighted by Crippen LogP contribution is 2.29. The SMILES string of the molecule is Cc1cc(COC(CO)CO)c(O)c(CN2CCCN(Cc3ccccc3)CCN(Cc3cc(C)cc(COC(CO)CO)c3O)CC2)c1. The minimum absolute atomic E-state index is 0.0819. The molecule has 6 N–H and O–H groups in total. The minimum Gasteiger partial charge on any atom is -0.507 e. The summed E-state index contributed by atoms with van der Waals surface area (Å²) in [5, 5.41) is 60.2. The van der Waals surface area contributed by atoms with Crippen molar-refractivity contribution in [1.29, 1.82) is 0 Å². The fraction of sp³-hybridized carbons (Fsp3) is 0.526. The van der Waals surface area contributed by atoms with Gasteiger partial charge in [0.25, 0.3) is 0 Å². The molecule has 1 saturated heterocycles. The summed E-state index contributed by atoms with van der Waals surface area (Å²) < 4.78 is 11.3. The molecule has 3 aromatic carbocycles. The van der Waals surface area contributed by atoms with E-state index in [9.17, 15) is 30.6 Å². The summed E-state index contributed by atoms with van der Waals surface area (Å²) in [7, 11) is 0. The third-order valence-corrected chi connectivity index (χ3v) is 9.04. The predicted octanol–water partition coefficient (Wildman–Crippen LogP) is 2.66. The number of rotatable bonds is 16. The Morgan fingerprint density at radius 1 is 0.551 bits per heavy atom. The van der Waals surface area contributed by atoms with Crippen LogP contribution in [0.25, 0.3) is 0 Å². The van der Waals surface area contributed by atoms with Gasteiger partial charge in [0.2, 0.25) is 0 Å². The molecular formula is C38H55N3O8. The molecule has 0 saturated carbocycles. The fourth-order valence-corrected chi connectivity index (χ4v) is 6.29. The Morgan fingerprint density at radius 2 is 0.939 bits per heavy atom. The average Bonchev–Trinajstić information content (AvgIpc) is 3.10. The van der Waals surface area contributed by atoms with Gasteiger partial charge < -0.3 is 40.1 Å². The zero-order valence-corrected chi connectivity index (χ0v) is 29.0. The maximum absolute atomic E-state index is 11.3. The van der Waals surface area contributed by atoms with Crippen LogP contribution in [0, 0.1) is 13.8 Å². The van der Waals surface area contributed by atoms with E-state index in [4.69, 9.17) is 9.47 Å². The zero-order valence-electron chi connectivity index (χ0n) is 29.0. The molecule has 0 radical (unpaired) electrons. The van der Waals surface area contributed by atoms with Gasteiger partial charge in [-0.25, -0.2) is 0 Å². The molecule has 11 nitrogen and oxygen atoms in total. The zero-order chi connectivity index (χ0) is 35.2. The number of phenols is 2. The van der Waals surface area contributed by atoms with Crippen molar-refractivity contribution in [2.24, 2.45) is 0 Å². The first-order valence-electron chi connectivity index (χ1n) is 17.2. The molecule has 0 amide bonds. The van der Waals surface area contributed by atoms with Gasteiger partial charge in [-0.05, 0) is 38.9 Å². The molecule has 0 aromatic heterocycles. The van der Waals surface area contributed by atoms with E-state index in [1.54, 1.807) is 0 Å². The van der Waals surface area contributed by atoms with Crippen LogP contribution < -0.4 is 0 Å². The fourth-order valence-electron chi connectivity index (χ4n) is 6.29. The molecule has 0 unspecified atom stereocenters. The first kappa shape index (κ1) is 38.7. The summed E-state index contributed by atoms with van der Waals surface area (Å²) in [5.41, 5.74) is 6.09. The van der Waals surface area contributed by atoms with Gasteiger partial charge in [0.1, 0.15) is 23.7 Å². The van der Waals surface area contributed by atoms with Gasteiger partial charge in [0, 0.05) is 68.1 Å². The second kappa shape index (κ2) is 19.9. The molecule has 1 aliphatic heterocycles. The number of aromatic hydroxyl groups is 2. The number of benzene rings is 3. The van der Waals surface area contributed by atoms with E-state index >= 15 is 0 Å². The van der Waals surface area contributed by atoms with E-state index in [0.717, 1.165) is 74.5 Å². The van der Waals surface area contributed by atoms with Crippen LogP contribution in [0.5, 0.6) is 11.5 Å². The Bertz CT molecular complexity index is 1420. The summed E-state index contributed by atoms with van der Waals surface area (Å²) in [5.74, 6) is 0.336. The Morgan fingerprint density at radius 3 is 1.37 bits per heavy atom. The predicted molar refractivity (Wildman–Crippen MR) is 188 cm³/mol. The third kappa shape index (κ3) is 12.0. The monoisotopic (exact) mass is 681 g/mol. The molecular weight excluding hydrogens is 626 g/mol. The molecule has 1 aliphatic rings. The van der Waals surface area contributed by atoms with Crippen LogP contribution in [-0.2, 0) is 42.3 Å². The summed E-state index contributed by atoms with van der Waals surface area (Å²) in [6.45, 7) is 9.76. The Kier molecular flexibility index (Phi) is 15.7. The number of phenolic OH excluding ortho intramolecular Hbond substituents is 2. The largest absolute Gasteiger partial charge is 0.507 e. The molecule has 1 heterocycles. The summed E-state index contributed by atoms with van der Waals surface area (Å²) in [6.07, 6.45) is -0.444. The van der Waals surface area contributed by atoms with Crippen molar-refractivity contribution in [1.82, 2.24) is 14.7 Å². The number of aliphatic hydroxyl groups is 4. The highest BCUT2D eigenvalue weighted by Gasteiger charge is 2.21. The molecule has 0 spiro atoms. The topological polar surface area (TPSA) is 150 Å². The maximum Gasteiger partial charge on any atom is 0.125 e. The van der Waals surface area contributed by atoms with Crippen molar-refractivity contribution in [3.63, 3.8) is 0 Å². The molecule has 0 aliphatic carbocycles. The van der Waals surface area contributed by atoms with Crippen LogP contribution in [0.15, 0.2) is 54.6 Å². The van der Waals surface area contributed by atoms with Crippen LogP contribution in [0.2, 0.25) is 0 Å². The second-order valence-electron chi connectivity index (χ2n) is 13.1. The lowest BCUT2D eigenvalue weighted by Gasteiger charge is -2.33. The summed E-state index contributed by atoms with van der Waals surface area (Å²) in [4.78, 5) is 7.20. The number of hydrogen-bond donors (Lipinski definition) is 6. The Labute approximate surface area is 290 Å². The van der Waals surface area contributed by atoms with E-state index in [-0.39, 0.29) is 51.1 Å². The van der Waals surface area contributed by atoms with Crippen molar-refractivity contribution in [3.05, 3.63) is 93.5 Å². The lowest BCUT2D eigenvalue weighted by molar-refractivity contribution is -0.0290. The molecule has 11 heteroatoms. The molecule has 3 aromatic rings. The average molecular weight is 682 g/mol. The summed E-state index contributed by atoms with van der Waals surface area (Å²) >= 11 is 0. The maximum atomic E-state index is 11.3. The number of ether oxygens (including phenoxy) is 2. The van der Waals surface area contributed by atoms with Gasteiger partial charge >= 0.3 is 0 Å². The number of aliphatic hydroxyl groups excluding tert-OH is 4. The van der Waals surface area contributed by atoms with Gasteiger partial charge in [-0.1, -0.05) is 65.7 Å². The standard InChI is InChI=1S/C38H55N3O8/c1-28-15-31(37(46)33(17-28)26-48-35(22-42)23-43)20-40-10-6-9-39(19-30-7-4-3-5-8-30)11-13-41(14-12-40)21-32-16-29(2)18-34(38(32)47)27-49-36(24-44)25-45/h3-5,7-8,15-18,35-36,42-47H,6,9-14,19-27H2,1-2H3. The quantitative estimate of drug-likeness (QED) is 0.133. The lowest BCUT2D eigenvalue weighted by atomic mass is 10.0. The number of aryl methyl sites for hydroxylation is 2. The molecule has 270 valence electrons. The molecule has 0 atom stereocenters. The van der Waals surface area contributed by atoms with Crippen molar-refractivity contribution in [2.75, 3.05) is 65.7 Å². The van der Waals surface area contributed by atoms with E-state index in [1.165, 1.54) is 5.56 Å². The van der Waals surface area contributed by atoms with Crippen molar-refractivity contribution in [2.45, 2.75) is 65.3 Å². The first-order chi connectivity index (χ1) is 23.7. The van der Waals surface area contributed by atoms with Gasteiger partial charge in [0.05, 0.1) is 39.6 Å². The van der Waals surface area contributed by atoms with Gasteiger partial charge in [-0.15, -0.1) is 0 Å². The van der Waals surface area contributed by atoms with Crippen LogP contribution in [0.1, 0.15) is 45.4 Å². The van der Waals surface area contributed by atoms with Gasteiger partial charge in [0.15, 0.2) is 0 Å². The smallest absolute Gasteiger partial charge is 0.125 e. The van der Waals surface area contributed by atoms with E-state index in [0.29, 0.717) is 24.2 Å². The van der Waals surface area contributed by atoms with Crippen LogP contribution in [0.4, 0.5) is 0 Å². The highest BCUT2D eigenvalue weighted by molar-refractivity contribution is 5.44. The van der Waals surface area contributed by atoms with E-state index in [2.05, 4.69) is 39.0 Å². The van der Waals surface area contributed by atoms with Crippen LogP contribution in [0.3, 0.4) is 0 Å². The van der Waals surface area contributed by atoms with Gasteiger partial charge in [-0.3, -0.25) is 14.7 Å². The van der Waals surface area contributed by atoms with E-state index in [1.807, 2.05) is 44.2 Å². The normalized spacial score (nSPS) is 15.8.